The predicted molar refractivity (Wildman–Crippen MR) is 86.2 cm³/mol. The molecule has 0 aromatic carbocycles. The van der Waals surface area contributed by atoms with E-state index in [0.717, 1.165) is 29.3 Å². The molecule has 3 aromatic heterocycles. The largest absolute Gasteiger partial charge is 0.416 e. The summed E-state index contributed by atoms with van der Waals surface area (Å²) in [6.07, 6.45) is 6.63. The summed E-state index contributed by atoms with van der Waals surface area (Å²) in [7, 11) is 1.93. The second kappa shape index (κ2) is 7.06. The number of thioether (sulfide) groups is 1. The van der Waals surface area contributed by atoms with Gasteiger partial charge in [-0.05, 0) is 25.3 Å². The first-order valence-electron chi connectivity index (χ1n) is 7.03. The molecule has 3 rings (SSSR count). The lowest BCUT2D eigenvalue weighted by atomic mass is 10.2. The van der Waals surface area contributed by atoms with Gasteiger partial charge in [0, 0.05) is 24.4 Å². The van der Waals surface area contributed by atoms with Gasteiger partial charge in [0.2, 0.25) is 5.89 Å². The van der Waals surface area contributed by atoms with Crippen LogP contribution >= 0.6 is 23.1 Å². The number of nitrogens with zero attached hydrogens (tertiary/aromatic N) is 5. The molecule has 0 fully saturated rings. The molecule has 0 saturated heterocycles. The lowest BCUT2D eigenvalue weighted by Gasteiger charge is -1.96. The standard InChI is InChI=1S/C14H17N5OS2/c1-10-16-12(9-22-10)6-13-17-18-14(20-13)21-5-3-4-11-7-15-19(2)8-11/h7-9H,3-6H2,1-2H3. The SMILES string of the molecule is Cc1nc(Cc2nnc(SCCCc3cnn(C)c3)o2)cs1. The molecule has 116 valence electrons. The maximum absolute atomic E-state index is 5.64. The third-order valence-corrected chi connectivity index (χ3v) is 4.77. The van der Waals surface area contributed by atoms with Crippen molar-refractivity contribution in [3.63, 3.8) is 0 Å². The van der Waals surface area contributed by atoms with Crippen LogP contribution in [0, 0.1) is 6.92 Å². The quantitative estimate of drug-likeness (QED) is 0.488. The van der Waals surface area contributed by atoms with Gasteiger partial charge in [0.25, 0.3) is 5.22 Å². The maximum atomic E-state index is 5.64. The summed E-state index contributed by atoms with van der Waals surface area (Å²) in [6, 6.07) is 0. The van der Waals surface area contributed by atoms with Crippen LogP contribution in [0.25, 0.3) is 0 Å². The Morgan fingerprint density at radius 1 is 1.36 bits per heavy atom. The molecule has 0 bridgehead atoms. The fourth-order valence-corrected chi connectivity index (χ4v) is 3.38. The molecule has 0 aliphatic heterocycles. The van der Waals surface area contributed by atoms with E-state index in [-0.39, 0.29) is 0 Å². The first kappa shape index (κ1) is 15.2. The van der Waals surface area contributed by atoms with Crippen LogP contribution in [0.3, 0.4) is 0 Å². The lowest BCUT2D eigenvalue weighted by molar-refractivity contribution is 0.419. The van der Waals surface area contributed by atoms with E-state index in [0.29, 0.717) is 17.5 Å². The molecule has 0 amide bonds. The minimum atomic E-state index is 0.605. The number of hydrogen-bond donors (Lipinski definition) is 0. The van der Waals surface area contributed by atoms with Gasteiger partial charge in [0.1, 0.15) is 0 Å². The molecule has 0 aliphatic rings. The van der Waals surface area contributed by atoms with Crippen LogP contribution in [0.5, 0.6) is 0 Å². The van der Waals surface area contributed by atoms with Gasteiger partial charge in [-0.25, -0.2) is 4.98 Å². The number of hydrogen-bond acceptors (Lipinski definition) is 7. The Hall–Kier alpha value is -1.67. The van der Waals surface area contributed by atoms with Gasteiger partial charge in [-0.3, -0.25) is 4.68 Å². The van der Waals surface area contributed by atoms with Crippen LogP contribution in [0.2, 0.25) is 0 Å². The molecule has 0 atom stereocenters. The number of thiazole rings is 1. The zero-order chi connectivity index (χ0) is 15.4. The second-order valence-corrected chi connectivity index (χ2v) is 7.08. The lowest BCUT2D eigenvalue weighted by Crippen LogP contribution is -1.88. The Kier molecular flexibility index (Phi) is 4.89. The number of aryl methyl sites for hydroxylation is 3. The summed E-state index contributed by atoms with van der Waals surface area (Å²) in [5.41, 5.74) is 2.24. The Morgan fingerprint density at radius 2 is 2.27 bits per heavy atom. The van der Waals surface area contributed by atoms with E-state index in [4.69, 9.17) is 4.42 Å². The highest BCUT2D eigenvalue weighted by molar-refractivity contribution is 7.99. The highest BCUT2D eigenvalue weighted by Gasteiger charge is 2.09. The number of aromatic nitrogens is 5. The number of rotatable bonds is 7. The molecule has 3 heterocycles. The Bertz CT molecular complexity index is 733. The van der Waals surface area contributed by atoms with Crippen LogP contribution in [0.15, 0.2) is 27.4 Å². The molecular formula is C14H17N5OS2. The molecule has 3 aromatic rings. The van der Waals surface area contributed by atoms with Gasteiger partial charge in [0.05, 0.1) is 23.3 Å². The van der Waals surface area contributed by atoms with E-state index in [1.165, 1.54) is 5.56 Å². The molecule has 0 spiro atoms. The summed E-state index contributed by atoms with van der Waals surface area (Å²) in [4.78, 5) is 4.40. The van der Waals surface area contributed by atoms with Crippen molar-refractivity contribution in [3.8, 4) is 0 Å². The van der Waals surface area contributed by atoms with Crippen molar-refractivity contribution < 1.29 is 4.42 Å². The molecule has 0 N–H and O–H groups in total. The Labute approximate surface area is 137 Å². The van der Waals surface area contributed by atoms with Crippen molar-refractivity contribution in [1.82, 2.24) is 25.0 Å². The van der Waals surface area contributed by atoms with Crippen molar-refractivity contribution in [2.75, 3.05) is 5.75 Å². The summed E-state index contributed by atoms with van der Waals surface area (Å²) < 4.78 is 7.47. The summed E-state index contributed by atoms with van der Waals surface area (Å²) >= 11 is 3.23. The zero-order valence-corrected chi connectivity index (χ0v) is 14.2. The van der Waals surface area contributed by atoms with E-state index >= 15 is 0 Å². The minimum absolute atomic E-state index is 0.605. The Balaban J connectivity index is 1.43. The molecule has 0 saturated carbocycles. The summed E-state index contributed by atoms with van der Waals surface area (Å²) in [5, 5.41) is 16.0. The molecule has 0 aliphatic carbocycles. The van der Waals surface area contributed by atoms with E-state index in [1.807, 2.05) is 36.4 Å². The van der Waals surface area contributed by atoms with Crippen molar-refractivity contribution >= 4 is 23.1 Å². The van der Waals surface area contributed by atoms with Gasteiger partial charge in [-0.15, -0.1) is 21.5 Å². The highest BCUT2D eigenvalue weighted by atomic mass is 32.2. The van der Waals surface area contributed by atoms with E-state index in [9.17, 15) is 0 Å². The van der Waals surface area contributed by atoms with Crippen LogP contribution in [-0.4, -0.2) is 30.7 Å². The average Bonchev–Trinajstić information content (AvgIpc) is 3.19. The van der Waals surface area contributed by atoms with Gasteiger partial charge >= 0.3 is 0 Å². The average molecular weight is 335 g/mol. The third-order valence-electron chi connectivity index (χ3n) is 3.04. The molecule has 0 unspecified atom stereocenters. The maximum Gasteiger partial charge on any atom is 0.276 e. The smallest absolute Gasteiger partial charge is 0.276 e. The van der Waals surface area contributed by atoms with Crippen molar-refractivity contribution in [2.45, 2.75) is 31.4 Å². The first-order valence-corrected chi connectivity index (χ1v) is 8.89. The highest BCUT2D eigenvalue weighted by Crippen LogP contribution is 2.20. The van der Waals surface area contributed by atoms with Crippen LogP contribution in [0.1, 0.15) is 28.6 Å². The van der Waals surface area contributed by atoms with E-state index in [2.05, 4.69) is 20.3 Å². The molecular weight excluding hydrogens is 318 g/mol. The van der Waals surface area contributed by atoms with Crippen LogP contribution < -0.4 is 0 Å². The Morgan fingerprint density at radius 3 is 3.00 bits per heavy atom. The predicted octanol–water partition coefficient (Wildman–Crippen LogP) is 2.88. The minimum Gasteiger partial charge on any atom is -0.416 e. The zero-order valence-electron chi connectivity index (χ0n) is 12.5. The molecule has 6 nitrogen and oxygen atoms in total. The monoisotopic (exact) mass is 335 g/mol. The van der Waals surface area contributed by atoms with Gasteiger partial charge < -0.3 is 4.42 Å². The second-order valence-electron chi connectivity index (χ2n) is 4.97. The van der Waals surface area contributed by atoms with Gasteiger partial charge in [0.15, 0.2) is 0 Å². The summed E-state index contributed by atoms with van der Waals surface area (Å²) in [5.74, 6) is 1.58. The van der Waals surface area contributed by atoms with E-state index in [1.54, 1.807) is 23.1 Å². The normalized spacial score (nSPS) is 11.2. The van der Waals surface area contributed by atoms with E-state index < -0.39 is 0 Å². The molecule has 0 radical (unpaired) electrons. The first-order chi connectivity index (χ1) is 10.7. The topological polar surface area (TPSA) is 69.6 Å². The fourth-order valence-electron chi connectivity index (χ4n) is 2.05. The van der Waals surface area contributed by atoms with Gasteiger partial charge in [-0.1, -0.05) is 11.8 Å². The van der Waals surface area contributed by atoms with Crippen molar-refractivity contribution in [1.29, 1.82) is 0 Å². The molecule has 22 heavy (non-hydrogen) atoms. The fraction of sp³-hybridized carbons (Fsp3) is 0.429. The molecule has 8 heteroatoms. The summed E-state index contributed by atoms with van der Waals surface area (Å²) in [6.45, 7) is 1.99. The van der Waals surface area contributed by atoms with Gasteiger partial charge in [-0.2, -0.15) is 5.10 Å². The van der Waals surface area contributed by atoms with Crippen molar-refractivity contribution in [3.05, 3.63) is 39.9 Å². The van der Waals surface area contributed by atoms with Crippen LogP contribution in [-0.2, 0) is 19.9 Å². The van der Waals surface area contributed by atoms with Crippen LogP contribution in [0.4, 0.5) is 0 Å². The third kappa shape index (κ3) is 4.17. The van der Waals surface area contributed by atoms with Crippen molar-refractivity contribution in [2.24, 2.45) is 7.05 Å².